The third kappa shape index (κ3) is 4.21. The molecule has 1 amide bonds. The molecule has 0 unspecified atom stereocenters. The summed E-state index contributed by atoms with van der Waals surface area (Å²) in [6.07, 6.45) is 6.66. The van der Waals surface area contributed by atoms with E-state index in [-0.39, 0.29) is 11.6 Å². The molecule has 1 N–H and O–H groups in total. The summed E-state index contributed by atoms with van der Waals surface area (Å²) in [6.45, 7) is 0. The Balaban J connectivity index is 1.24. The molecule has 0 saturated heterocycles. The average molecular weight is 423 g/mol. The van der Waals surface area contributed by atoms with E-state index < -0.39 is 0 Å². The zero-order chi connectivity index (χ0) is 21.8. The van der Waals surface area contributed by atoms with Crippen molar-refractivity contribution in [2.24, 2.45) is 0 Å². The van der Waals surface area contributed by atoms with Crippen LogP contribution in [-0.4, -0.2) is 35.4 Å². The first-order chi connectivity index (χ1) is 15.7. The molecule has 0 atom stereocenters. The van der Waals surface area contributed by atoms with Crippen LogP contribution in [0.25, 0.3) is 11.5 Å². The molecule has 156 valence electrons. The fourth-order valence-electron chi connectivity index (χ4n) is 2.99. The lowest BCUT2D eigenvalue weighted by atomic mass is 10.3. The van der Waals surface area contributed by atoms with E-state index in [0.717, 1.165) is 5.69 Å². The van der Waals surface area contributed by atoms with Gasteiger partial charge in [-0.05, 0) is 48.5 Å². The molecule has 0 aliphatic carbocycles. The number of aromatic nitrogens is 6. The van der Waals surface area contributed by atoms with Crippen molar-refractivity contribution in [2.45, 2.75) is 0 Å². The number of benzene rings is 2. The Morgan fingerprint density at radius 2 is 1.69 bits per heavy atom. The molecule has 0 saturated carbocycles. The number of para-hydroxylation sites is 1. The summed E-state index contributed by atoms with van der Waals surface area (Å²) in [5.41, 5.74) is 1.60. The van der Waals surface area contributed by atoms with Gasteiger partial charge in [0.1, 0.15) is 17.9 Å². The van der Waals surface area contributed by atoms with Crippen molar-refractivity contribution in [3.63, 3.8) is 0 Å². The number of carbonyl (C=O) groups excluding carboxylic acids is 1. The predicted molar refractivity (Wildman–Crippen MR) is 117 cm³/mol. The van der Waals surface area contributed by atoms with Crippen LogP contribution in [0.15, 0.2) is 97.7 Å². The van der Waals surface area contributed by atoms with E-state index in [4.69, 9.17) is 4.74 Å². The lowest BCUT2D eigenvalue weighted by Crippen LogP contribution is -2.13. The molecular formula is C23H17N7O2. The minimum atomic E-state index is -0.354. The quantitative estimate of drug-likeness (QED) is 0.445. The molecule has 0 radical (unpaired) electrons. The number of hydrogen-bond acceptors (Lipinski definition) is 6. The van der Waals surface area contributed by atoms with Gasteiger partial charge in [-0.1, -0.05) is 18.2 Å². The van der Waals surface area contributed by atoms with Crippen LogP contribution in [0.2, 0.25) is 0 Å². The standard InChI is InChI=1S/C23H17N7O2/c31-23(20-15-26-30(28-20)18-6-2-1-3-7-18)27-17-8-10-19(11-9-17)32-22-14-21(24-16-25-22)29-12-4-5-13-29/h1-16H,(H,27,31). The molecule has 0 fully saturated rings. The molecule has 9 heteroatoms. The van der Waals surface area contributed by atoms with Gasteiger partial charge in [-0.15, -0.1) is 5.10 Å². The van der Waals surface area contributed by atoms with E-state index >= 15 is 0 Å². The van der Waals surface area contributed by atoms with Gasteiger partial charge in [0.15, 0.2) is 5.69 Å². The molecule has 3 aromatic heterocycles. The number of nitrogens with zero attached hydrogens (tertiary/aromatic N) is 6. The van der Waals surface area contributed by atoms with Crippen LogP contribution in [0.1, 0.15) is 10.5 Å². The second kappa shape index (κ2) is 8.52. The molecule has 32 heavy (non-hydrogen) atoms. The van der Waals surface area contributed by atoms with E-state index in [2.05, 4.69) is 25.5 Å². The lowest BCUT2D eigenvalue weighted by molar-refractivity contribution is 0.102. The Labute approximate surface area is 183 Å². The fraction of sp³-hybridized carbons (Fsp3) is 0. The normalized spacial score (nSPS) is 10.6. The molecule has 0 aliphatic rings. The van der Waals surface area contributed by atoms with Crippen molar-refractivity contribution in [1.29, 1.82) is 0 Å². The van der Waals surface area contributed by atoms with Gasteiger partial charge in [0.2, 0.25) is 5.88 Å². The van der Waals surface area contributed by atoms with Crippen molar-refractivity contribution in [1.82, 2.24) is 29.5 Å². The Bertz CT molecular complexity index is 1330. The highest BCUT2D eigenvalue weighted by molar-refractivity contribution is 6.02. The van der Waals surface area contributed by atoms with Crippen LogP contribution < -0.4 is 10.1 Å². The Hall–Kier alpha value is -4.79. The number of ether oxygens (including phenoxy) is 1. The molecule has 5 aromatic rings. The number of rotatable bonds is 6. The van der Waals surface area contributed by atoms with Gasteiger partial charge >= 0.3 is 0 Å². The molecule has 9 nitrogen and oxygen atoms in total. The molecule has 0 aliphatic heterocycles. The van der Waals surface area contributed by atoms with Crippen molar-refractivity contribution in [2.75, 3.05) is 5.32 Å². The number of hydrogen-bond donors (Lipinski definition) is 1. The molecule has 0 bridgehead atoms. The summed E-state index contributed by atoms with van der Waals surface area (Å²) in [5, 5.41) is 11.2. The van der Waals surface area contributed by atoms with Gasteiger partial charge in [-0.3, -0.25) is 4.79 Å². The van der Waals surface area contributed by atoms with Crippen LogP contribution in [-0.2, 0) is 0 Å². The maximum atomic E-state index is 12.5. The fourth-order valence-corrected chi connectivity index (χ4v) is 2.99. The van der Waals surface area contributed by atoms with Gasteiger partial charge in [0, 0.05) is 24.1 Å². The molecule has 5 rings (SSSR count). The summed E-state index contributed by atoms with van der Waals surface area (Å²) in [4.78, 5) is 22.3. The van der Waals surface area contributed by atoms with Crippen molar-refractivity contribution >= 4 is 11.6 Å². The first kappa shape index (κ1) is 19.2. The Morgan fingerprint density at radius 1 is 0.906 bits per heavy atom. The number of nitrogens with one attached hydrogen (secondary N) is 1. The van der Waals surface area contributed by atoms with Gasteiger partial charge in [-0.25, -0.2) is 9.97 Å². The third-order valence-electron chi connectivity index (χ3n) is 4.54. The molecular weight excluding hydrogens is 406 g/mol. The van der Waals surface area contributed by atoms with Gasteiger partial charge in [0.05, 0.1) is 11.9 Å². The van der Waals surface area contributed by atoms with Crippen LogP contribution in [0.3, 0.4) is 0 Å². The minimum Gasteiger partial charge on any atom is -0.439 e. The Kier molecular flexibility index (Phi) is 5.11. The van der Waals surface area contributed by atoms with E-state index in [1.807, 2.05) is 59.4 Å². The number of amides is 1. The van der Waals surface area contributed by atoms with E-state index in [0.29, 0.717) is 23.1 Å². The monoisotopic (exact) mass is 423 g/mol. The SMILES string of the molecule is O=C(Nc1ccc(Oc2cc(-n3cccc3)ncn2)cc1)c1cnn(-c2ccccc2)n1. The lowest BCUT2D eigenvalue weighted by Gasteiger charge is -2.08. The van der Waals surface area contributed by atoms with Crippen LogP contribution in [0.4, 0.5) is 5.69 Å². The highest BCUT2D eigenvalue weighted by Gasteiger charge is 2.12. The van der Waals surface area contributed by atoms with Gasteiger partial charge < -0.3 is 14.6 Å². The minimum absolute atomic E-state index is 0.215. The van der Waals surface area contributed by atoms with Crippen molar-refractivity contribution in [3.8, 4) is 23.1 Å². The predicted octanol–water partition coefficient (Wildman–Crippen LogP) is 3.89. The Morgan fingerprint density at radius 3 is 2.47 bits per heavy atom. The molecule has 0 spiro atoms. The second-order valence-electron chi connectivity index (χ2n) is 6.74. The van der Waals surface area contributed by atoms with Gasteiger partial charge in [-0.2, -0.15) is 9.90 Å². The van der Waals surface area contributed by atoms with E-state index in [1.54, 1.807) is 30.3 Å². The van der Waals surface area contributed by atoms with E-state index in [9.17, 15) is 4.79 Å². The highest BCUT2D eigenvalue weighted by Crippen LogP contribution is 2.22. The smallest absolute Gasteiger partial charge is 0.277 e. The van der Waals surface area contributed by atoms with Crippen LogP contribution in [0, 0.1) is 0 Å². The van der Waals surface area contributed by atoms with E-state index in [1.165, 1.54) is 17.3 Å². The summed E-state index contributed by atoms with van der Waals surface area (Å²) < 4.78 is 7.67. The van der Waals surface area contributed by atoms with Gasteiger partial charge in [0.25, 0.3) is 5.91 Å². The largest absolute Gasteiger partial charge is 0.439 e. The average Bonchev–Trinajstić information content (AvgIpc) is 3.54. The van der Waals surface area contributed by atoms with Crippen molar-refractivity contribution < 1.29 is 9.53 Å². The second-order valence-corrected chi connectivity index (χ2v) is 6.74. The summed E-state index contributed by atoms with van der Waals surface area (Å²) in [6, 6.07) is 21.9. The van der Waals surface area contributed by atoms with Crippen LogP contribution in [0.5, 0.6) is 11.6 Å². The summed E-state index contributed by atoms with van der Waals surface area (Å²) in [5.74, 6) is 1.34. The summed E-state index contributed by atoms with van der Waals surface area (Å²) in [7, 11) is 0. The molecule has 2 aromatic carbocycles. The number of carbonyl (C=O) groups is 1. The zero-order valence-electron chi connectivity index (χ0n) is 16.7. The highest BCUT2D eigenvalue weighted by atomic mass is 16.5. The topological polar surface area (TPSA) is 99.7 Å². The maximum Gasteiger partial charge on any atom is 0.277 e. The number of anilines is 1. The van der Waals surface area contributed by atoms with Crippen LogP contribution >= 0.6 is 0 Å². The van der Waals surface area contributed by atoms with Crippen molar-refractivity contribution in [3.05, 3.63) is 103 Å². The summed E-state index contributed by atoms with van der Waals surface area (Å²) >= 11 is 0. The zero-order valence-corrected chi connectivity index (χ0v) is 16.7. The maximum absolute atomic E-state index is 12.5. The third-order valence-corrected chi connectivity index (χ3v) is 4.54. The molecule has 3 heterocycles. The first-order valence-corrected chi connectivity index (χ1v) is 9.77. The first-order valence-electron chi connectivity index (χ1n) is 9.77.